The molecule has 1 aliphatic rings. The zero-order valence-corrected chi connectivity index (χ0v) is 23.0. The van der Waals surface area contributed by atoms with E-state index in [1.165, 1.54) is 19.1 Å². The second kappa shape index (κ2) is 11.3. The first-order chi connectivity index (χ1) is 18.0. The van der Waals surface area contributed by atoms with Gasteiger partial charge in [0.2, 0.25) is 0 Å². The van der Waals surface area contributed by atoms with Gasteiger partial charge in [0, 0.05) is 12.3 Å². The van der Waals surface area contributed by atoms with Gasteiger partial charge in [0.1, 0.15) is 30.1 Å². The van der Waals surface area contributed by atoms with Gasteiger partial charge in [0.05, 0.1) is 6.61 Å². The number of benzene rings is 1. The molecule has 3 unspecified atom stereocenters. The van der Waals surface area contributed by atoms with Crippen molar-refractivity contribution in [3.8, 4) is 5.75 Å². The van der Waals surface area contributed by atoms with Gasteiger partial charge in [-0.3, -0.25) is 23.7 Å². The number of ether oxygens (including phenoxy) is 2. The number of nitrogens with zero attached hydrogens (tertiary/aromatic N) is 1. The van der Waals surface area contributed by atoms with Crippen LogP contribution in [0.1, 0.15) is 40.8 Å². The maximum Gasteiger partial charge on any atom is 0.459 e. The van der Waals surface area contributed by atoms with Crippen LogP contribution in [0.15, 0.2) is 52.2 Å². The Kier molecular flexibility index (Phi) is 8.90. The summed E-state index contributed by atoms with van der Waals surface area (Å²) in [5, 5.41) is 23.8. The number of aromatic amines is 1. The van der Waals surface area contributed by atoms with Gasteiger partial charge in [-0.05, 0) is 31.4 Å². The predicted octanol–water partition coefficient (Wildman–Crippen LogP) is 1.61. The second-order valence-electron chi connectivity index (χ2n) is 10.6. The Morgan fingerprint density at radius 3 is 2.51 bits per heavy atom. The van der Waals surface area contributed by atoms with E-state index < -0.39 is 61.4 Å². The predicted molar refractivity (Wildman–Crippen MR) is 136 cm³/mol. The van der Waals surface area contributed by atoms with Crippen molar-refractivity contribution in [3.05, 3.63) is 63.4 Å². The summed E-state index contributed by atoms with van der Waals surface area (Å²) in [6, 6.07) is 7.40. The summed E-state index contributed by atoms with van der Waals surface area (Å²) in [6.07, 6.45) is -3.16. The molecule has 4 N–H and O–H groups in total. The lowest BCUT2D eigenvalue weighted by Crippen LogP contribution is -2.50. The lowest BCUT2D eigenvalue weighted by molar-refractivity contribution is -0.204. The quantitative estimate of drug-likeness (QED) is 0.240. The number of alkyl halides is 1. The lowest BCUT2D eigenvalue weighted by atomic mass is 9.95. The van der Waals surface area contributed by atoms with E-state index in [0.717, 1.165) is 19.2 Å². The van der Waals surface area contributed by atoms with Crippen molar-refractivity contribution in [2.75, 3.05) is 13.2 Å². The van der Waals surface area contributed by atoms with Crippen molar-refractivity contribution >= 4 is 13.7 Å². The number of hydrogen-bond acceptors (Lipinski definition) is 10. The van der Waals surface area contributed by atoms with Gasteiger partial charge in [-0.15, -0.1) is 0 Å². The first-order valence-corrected chi connectivity index (χ1v) is 13.5. The molecular weight excluding hydrogens is 540 g/mol. The summed E-state index contributed by atoms with van der Waals surface area (Å²) in [7, 11) is -4.57. The fourth-order valence-electron chi connectivity index (χ4n) is 3.59. The summed E-state index contributed by atoms with van der Waals surface area (Å²) >= 11 is 0. The van der Waals surface area contributed by atoms with Crippen molar-refractivity contribution in [3.63, 3.8) is 0 Å². The van der Waals surface area contributed by atoms with Crippen LogP contribution >= 0.6 is 7.75 Å². The molecule has 3 rings (SSSR count). The summed E-state index contributed by atoms with van der Waals surface area (Å²) in [4.78, 5) is 38.0. The van der Waals surface area contributed by atoms with Crippen LogP contribution in [-0.2, 0) is 23.4 Å². The molecule has 15 heteroatoms. The molecule has 1 fully saturated rings. The molecule has 2 aromatic rings. The Morgan fingerprint density at radius 1 is 1.28 bits per heavy atom. The van der Waals surface area contributed by atoms with Crippen molar-refractivity contribution in [2.45, 2.75) is 64.4 Å². The number of aliphatic hydroxyl groups excluding tert-OH is 1. The van der Waals surface area contributed by atoms with Crippen LogP contribution in [0.25, 0.3) is 0 Å². The van der Waals surface area contributed by atoms with Gasteiger partial charge in [-0.25, -0.2) is 13.8 Å². The van der Waals surface area contributed by atoms with E-state index in [2.05, 4.69) is 5.09 Å². The Hall–Kier alpha value is -2.87. The number of hydrogen-bond donors (Lipinski definition) is 4. The molecule has 1 aromatic heterocycles. The molecule has 0 aliphatic carbocycles. The van der Waals surface area contributed by atoms with Gasteiger partial charge < -0.3 is 24.2 Å². The summed E-state index contributed by atoms with van der Waals surface area (Å²) < 4.78 is 51.5. The zero-order valence-electron chi connectivity index (χ0n) is 22.1. The molecule has 0 radical (unpaired) electrons. The van der Waals surface area contributed by atoms with E-state index in [4.69, 9.17) is 18.5 Å². The Morgan fingerprint density at radius 2 is 1.92 bits per heavy atom. The van der Waals surface area contributed by atoms with E-state index in [1.807, 2.05) is 25.8 Å². The van der Waals surface area contributed by atoms with Crippen molar-refractivity contribution in [1.82, 2.24) is 14.6 Å². The van der Waals surface area contributed by atoms with Crippen molar-refractivity contribution in [1.29, 1.82) is 0 Å². The van der Waals surface area contributed by atoms with Crippen LogP contribution in [0.4, 0.5) is 4.39 Å². The zero-order chi connectivity index (χ0) is 29.2. The molecule has 0 amide bonds. The van der Waals surface area contributed by atoms with Crippen LogP contribution in [-0.4, -0.2) is 62.5 Å². The summed E-state index contributed by atoms with van der Waals surface area (Å²) in [5.41, 5.74) is -4.52. The number of carbonyl (C=O) groups excluding carboxylic acids is 1. The SMILES string of the molecule is CC(NP(=O)(OC[C@@]1(F)OC(n2ccc(=O)[nH]c2=O)[C@](C)(O)[C@@H]1O)Oc1ccccc1)C(=O)OCC(C)(C)C. The molecule has 216 valence electrons. The minimum absolute atomic E-state index is 0.0501. The smallest absolute Gasteiger partial charge is 0.459 e. The third-order valence-corrected chi connectivity index (χ3v) is 7.25. The first kappa shape index (κ1) is 30.7. The normalized spacial score (nSPS) is 27.5. The molecule has 0 saturated carbocycles. The van der Waals surface area contributed by atoms with E-state index in [0.29, 0.717) is 4.57 Å². The lowest BCUT2D eigenvalue weighted by Gasteiger charge is -2.29. The molecular formula is C24H33FN3O10P. The number of carbonyl (C=O) groups is 1. The van der Waals surface area contributed by atoms with Crippen LogP contribution in [0.5, 0.6) is 5.75 Å². The highest BCUT2D eigenvalue weighted by molar-refractivity contribution is 7.52. The van der Waals surface area contributed by atoms with E-state index in [9.17, 15) is 29.2 Å². The van der Waals surface area contributed by atoms with E-state index in [1.54, 1.807) is 18.2 Å². The number of aliphatic hydroxyl groups is 2. The number of H-pyrrole nitrogens is 1. The topological polar surface area (TPSA) is 178 Å². The Balaban J connectivity index is 1.83. The van der Waals surface area contributed by atoms with Crippen molar-refractivity contribution in [2.24, 2.45) is 5.41 Å². The van der Waals surface area contributed by atoms with Crippen LogP contribution < -0.4 is 20.9 Å². The monoisotopic (exact) mass is 573 g/mol. The first-order valence-electron chi connectivity index (χ1n) is 12.0. The number of rotatable bonds is 10. The number of nitrogens with one attached hydrogen (secondary N) is 2. The molecule has 6 atom stereocenters. The number of aromatic nitrogens is 2. The third-order valence-electron chi connectivity index (χ3n) is 5.63. The maximum absolute atomic E-state index is 15.9. The molecule has 13 nitrogen and oxygen atoms in total. The Bertz CT molecular complexity index is 1330. The maximum atomic E-state index is 15.9. The molecule has 2 heterocycles. The molecule has 0 spiro atoms. The fraction of sp³-hybridized carbons (Fsp3) is 0.542. The van der Waals surface area contributed by atoms with E-state index in [-0.39, 0.29) is 17.8 Å². The second-order valence-corrected chi connectivity index (χ2v) is 12.3. The Labute approximate surface area is 223 Å². The van der Waals surface area contributed by atoms with Crippen LogP contribution in [0.3, 0.4) is 0 Å². The van der Waals surface area contributed by atoms with Gasteiger partial charge >= 0.3 is 19.4 Å². The fourth-order valence-corrected chi connectivity index (χ4v) is 5.09. The number of halogens is 1. The third kappa shape index (κ3) is 7.41. The minimum Gasteiger partial charge on any atom is -0.464 e. The van der Waals surface area contributed by atoms with Gasteiger partial charge in [0.25, 0.3) is 11.4 Å². The van der Waals surface area contributed by atoms with E-state index >= 15 is 4.39 Å². The summed E-state index contributed by atoms with van der Waals surface area (Å²) in [6.45, 7) is 6.69. The minimum atomic E-state index is -4.57. The average Bonchev–Trinajstić information content (AvgIpc) is 3.02. The van der Waals surface area contributed by atoms with Crippen molar-refractivity contribution < 1.29 is 42.5 Å². The van der Waals surface area contributed by atoms with Gasteiger partial charge in [-0.1, -0.05) is 39.0 Å². The standard InChI is InChI=1S/C24H33FN3O10P/c1-15(18(30)35-13-22(2,3)4)27-39(34,38-16-9-7-6-8-10-16)36-14-24(25)19(31)23(5,33)20(37-24)28-12-11-17(29)26-21(28)32/h6-12,15,19-20,31,33H,13-14H2,1-5H3,(H,27,34)(H,26,29,32)/t15?,19-,20?,23+,24+,39?/m0/s1. The van der Waals surface area contributed by atoms with Gasteiger partial charge in [-0.2, -0.15) is 5.09 Å². The highest BCUT2D eigenvalue weighted by atomic mass is 31.2. The van der Waals surface area contributed by atoms with Crippen LogP contribution in [0.2, 0.25) is 0 Å². The highest BCUT2D eigenvalue weighted by Gasteiger charge is 2.63. The van der Waals surface area contributed by atoms with Gasteiger partial charge in [0.15, 0.2) is 6.23 Å². The number of esters is 1. The average molecular weight is 574 g/mol. The largest absolute Gasteiger partial charge is 0.464 e. The molecule has 1 aromatic carbocycles. The molecule has 1 aliphatic heterocycles. The molecule has 39 heavy (non-hydrogen) atoms. The highest BCUT2D eigenvalue weighted by Crippen LogP contribution is 2.50. The van der Waals surface area contributed by atoms with Crippen LogP contribution in [0, 0.1) is 5.41 Å². The molecule has 0 bridgehead atoms. The molecule has 1 saturated heterocycles. The summed E-state index contributed by atoms with van der Waals surface area (Å²) in [5.74, 6) is -3.94. The number of para-hydroxylation sites is 1.